The third-order valence-electron chi connectivity index (χ3n) is 3.49. The van der Waals surface area contributed by atoms with Crippen molar-refractivity contribution < 1.29 is 4.79 Å². The Morgan fingerprint density at radius 2 is 2.04 bits per heavy atom. The van der Waals surface area contributed by atoms with Gasteiger partial charge in [-0.3, -0.25) is 4.79 Å². The molecular weight excluding hydrogens is 366 g/mol. The van der Waals surface area contributed by atoms with E-state index in [2.05, 4.69) is 38.9 Å². The average molecular weight is 388 g/mol. The molecule has 2 aromatic heterocycles. The van der Waals surface area contributed by atoms with Gasteiger partial charge in [-0.05, 0) is 12.8 Å². The van der Waals surface area contributed by atoms with E-state index in [9.17, 15) is 4.79 Å². The average Bonchev–Trinajstić information content (AvgIpc) is 3.19. The first-order valence-corrected chi connectivity index (χ1v) is 10.2. The summed E-state index contributed by atoms with van der Waals surface area (Å²) in [5.41, 5.74) is 1.93. The van der Waals surface area contributed by atoms with Crippen LogP contribution in [0.15, 0.2) is 40.9 Å². The number of rotatable bonds is 7. The van der Waals surface area contributed by atoms with Gasteiger partial charge in [0.25, 0.3) is 0 Å². The van der Waals surface area contributed by atoms with Crippen molar-refractivity contribution in [3.05, 3.63) is 41.4 Å². The predicted molar refractivity (Wildman–Crippen MR) is 107 cm³/mol. The first-order valence-electron chi connectivity index (χ1n) is 8.36. The van der Waals surface area contributed by atoms with Gasteiger partial charge in [-0.2, -0.15) is 0 Å². The van der Waals surface area contributed by atoms with E-state index >= 15 is 0 Å². The molecule has 1 N–H and O–H groups in total. The quantitative estimate of drug-likeness (QED) is 0.618. The molecule has 0 unspecified atom stereocenters. The SMILES string of the molecule is Cc1csc(NC(=O)CSc2nnc(-c3ccccc3)n2CC(C)C)n1. The highest BCUT2D eigenvalue weighted by Gasteiger charge is 2.16. The summed E-state index contributed by atoms with van der Waals surface area (Å²) in [7, 11) is 0. The zero-order valence-corrected chi connectivity index (χ0v) is 16.6. The van der Waals surface area contributed by atoms with Crippen LogP contribution in [0, 0.1) is 12.8 Å². The highest BCUT2D eigenvalue weighted by atomic mass is 32.2. The first kappa shape index (κ1) is 18.6. The molecule has 0 fully saturated rings. The highest BCUT2D eigenvalue weighted by molar-refractivity contribution is 7.99. The number of hydrogen-bond acceptors (Lipinski definition) is 6. The fourth-order valence-corrected chi connectivity index (χ4v) is 3.87. The van der Waals surface area contributed by atoms with E-state index in [1.165, 1.54) is 23.1 Å². The van der Waals surface area contributed by atoms with Gasteiger partial charge in [0.2, 0.25) is 5.91 Å². The van der Waals surface area contributed by atoms with Crippen molar-refractivity contribution in [1.29, 1.82) is 0 Å². The number of thioether (sulfide) groups is 1. The van der Waals surface area contributed by atoms with Crippen molar-refractivity contribution in [2.24, 2.45) is 5.92 Å². The van der Waals surface area contributed by atoms with Gasteiger partial charge in [-0.1, -0.05) is 55.9 Å². The van der Waals surface area contributed by atoms with Crippen LogP contribution in [0.2, 0.25) is 0 Å². The molecule has 0 aliphatic carbocycles. The molecule has 0 bridgehead atoms. The summed E-state index contributed by atoms with van der Waals surface area (Å²) in [6, 6.07) is 9.99. The number of benzene rings is 1. The van der Waals surface area contributed by atoms with Crippen LogP contribution in [-0.2, 0) is 11.3 Å². The van der Waals surface area contributed by atoms with Crippen LogP contribution in [0.3, 0.4) is 0 Å². The number of hydrogen-bond donors (Lipinski definition) is 1. The number of carbonyl (C=O) groups excluding carboxylic acids is 1. The van der Waals surface area contributed by atoms with Gasteiger partial charge >= 0.3 is 0 Å². The Labute approximate surface area is 161 Å². The molecule has 6 nitrogen and oxygen atoms in total. The van der Waals surface area contributed by atoms with E-state index in [0.29, 0.717) is 11.0 Å². The van der Waals surface area contributed by atoms with Crippen LogP contribution in [0.1, 0.15) is 19.5 Å². The number of nitrogens with zero attached hydrogens (tertiary/aromatic N) is 4. The molecular formula is C18H21N5OS2. The number of anilines is 1. The Kier molecular flexibility index (Phi) is 6.05. The molecule has 1 aromatic carbocycles. The summed E-state index contributed by atoms with van der Waals surface area (Å²) in [6.07, 6.45) is 0. The highest BCUT2D eigenvalue weighted by Crippen LogP contribution is 2.25. The molecule has 0 aliphatic rings. The van der Waals surface area contributed by atoms with Gasteiger partial charge in [0, 0.05) is 17.5 Å². The minimum absolute atomic E-state index is 0.0929. The second-order valence-corrected chi connectivity index (χ2v) is 8.11. The summed E-state index contributed by atoms with van der Waals surface area (Å²) in [4.78, 5) is 16.4. The lowest BCUT2D eigenvalue weighted by molar-refractivity contribution is -0.113. The Hall–Kier alpha value is -2.19. The van der Waals surface area contributed by atoms with E-state index in [-0.39, 0.29) is 11.7 Å². The van der Waals surface area contributed by atoms with Gasteiger partial charge in [0.05, 0.1) is 11.4 Å². The van der Waals surface area contributed by atoms with Crippen molar-refractivity contribution in [1.82, 2.24) is 19.7 Å². The van der Waals surface area contributed by atoms with Gasteiger partial charge < -0.3 is 9.88 Å². The van der Waals surface area contributed by atoms with Gasteiger partial charge in [0.15, 0.2) is 16.1 Å². The Bertz CT molecular complexity index is 873. The van der Waals surface area contributed by atoms with E-state index < -0.39 is 0 Å². The smallest absolute Gasteiger partial charge is 0.236 e. The normalized spacial score (nSPS) is 11.1. The lowest BCUT2D eigenvalue weighted by atomic mass is 10.2. The minimum Gasteiger partial charge on any atom is -0.302 e. The van der Waals surface area contributed by atoms with E-state index in [1.807, 2.05) is 42.6 Å². The van der Waals surface area contributed by atoms with Gasteiger partial charge in [-0.25, -0.2) is 4.98 Å². The topological polar surface area (TPSA) is 72.7 Å². The maximum absolute atomic E-state index is 12.2. The Balaban J connectivity index is 1.72. The van der Waals surface area contributed by atoms with Crippen molar-refractivity contribution in [3.8, 4) is 11.4 Å². The largest absolute Gasteiger partial charge is 0.302 e. The van der Waals surface area contributed by atoms with E-state index in [4.69, 9.17) is 0 Å². The molecule has 0 atom stereocenters. The molecule has 0 saturated carbocycles. The molecule has 8 heteroatoms. The van der Waals surface area contributed by atoms with Crippen LogP contribution < -0.4 is 5.32 Å². The fourth-order valence-electron chi connectivity index (χ4n) is 2.42. The zero-order chi connectivity index (χ0) is 18.5. The van der Waals surface area contributed by atoms with Crippen LogP contribution in [-0.4, -0.2) is 31.4 Å². The summed E-state index contributed by atoms with van der Waals surface area (Å²) in [5.74, 6) is 1.45. The number of thiazole rings is 1. The standard InChI is InChI=1S/C18H21N5OS2/c1-12(2)9-23-16(14-7-5-4-6-8-14)21-22-18(23)26-11-15(24)20-17-19-13(3)10-25-17/h4-8,10,12H,9,11H2,1-3H3,(H,19,20,24). The fraction of sp³-hybridized carbons (Fsp3) is 0.333. The van der Waals surface area contributed by atoms with Crippen molar-refractivity contribution in [3.63, 3.8) is 0 Å². The molecule has 0 aliphatic heterocycles. The number of nitrogens with one attached hydrogen (secondary N) is 1. The second kappa shape index (κ2) is 8.46. The second-order valence-electron chi connectivity index (χ2n) is 6.31. The predicted octanol–water partition coefficient (Wildman–Crippen LogP) is 4.10. The van der Waals surface area contributed by atoms with Crippen LogP contribution >= 0.6 is 23.1 Å². The Morgan fingerprint density at radius 1 is 1.27 bits per heavy atom. The lowest BCUT2D eigenvalue weighted by Gasteiger charge is -2.12. The molecule has 0 radical (unpaired) electrons. The third kappa shape index (κ3) is 4.70. The van der Waals surface area contributed by atoms with E-state index in [0.717, 1.165) is 28.8 Å². The van der Waals surface area contributed by atoms with Crippen LogP contribution in [0.4, 0.5) is 5.13 Å². The summed E-state index contributed by atoms with van der Waals surface area (Å²) < 4.78 is 2.09. The number of aromatic nitrogens is 4. The molecule has 1 amide bonds. The minimum atomic E-state index is -0.0929. The van der Waals surface area contributed by atoms with Crippen LogP contribution in [0.25, 0.3) is 11.4 Å². The number of aryl methyl sites for hydroxylation is 1. The molecule has 3 aromatic rings. The summed E-state index contributed by atoms with van der Waals surface area (Å²) >= 11 is 2.82. The molecule has 3 rings (SSSR count). The van der Waals surface area contributed by atoms with Gasteiger partial charge in [-0.15, -0.1) is 21.5 Å². The molecule has 26 heavy (non-hydrogen) atoms. The lowest BCUT2D eigenvalue weighted by Crippen LogP contribution is -2.15. The van der Waals surface area contributed by atoms with Crippen molar-refractivity contribution in [2.45, 2.75) is 32.5 Å². The van der Waals surface area contributed by atoms with Crippen molar-refractivity contribution in [2.75, 3.05) is 11.1 Å². The molecule has 136 valence electrons. The molecule has 0 spiro atoms. The van der Waals surface area contributed by atoms with Gasteiger partial charge in [0.1, 0.15) is 0 Å². The Morgan fingerprint density at radius 3 is 2.69 bits per heavy atom. The maximum Gasteiger partial charge on any atom is 0.236 e. The van der Waals surface area contributed by atoms with E-state index in [1.54, 1.807) is 0 Å². The number of carbonyl (C=O) groups is 1. The molecule has 2 heterocycles. The monoisotopic (exact) mass is 387 g/mol. The zero-order valence-electron chi connectivity index (χ0n) is 15.0. The number of amides is 1. The molecule has 0 saturated heterocycles. The summed E-state index contributed by atoms with van der Waals surface area (Å²) in [6.45, 7) is 7.01. The summed E-state index contributed by atoms with van der Waals surface area (Å²) in [5, 5.41) is 14.8. The first-order chi connectivity index (χ1) is 12.5. The van der Waals surface area contributed by atoms with Crippen molar-refractivity contribution >= 4 is 34.1 Å². The third-order valence-corrected chi connectivity index (χ3v) is 5.34. The maximum atomic E-state index is 12.2. The van der Waals surface area contributed by atoms with Crippen LogP contribution in [0.5, 0.6) is 0 Å².